The number of rotatable bonds is 3. The number of aromatic nitrogens is 2. The predicted molar refractivity (Wildman–Crippen MR) is 130 cm³/mol. The molecule has 0 radical (unpaired) electrons. The predicted octanol–water partition coefficient (Wildman–Crippen LogP) is 4.71. The maximum atomic E-state index is 13.3. The number of ketones is 1. The quantitative estimate of drug-likeness (QED) is 0.348. The number of nitrogens with one attached hydrogen (secondary N) is 3. The summed E-state index contributed by atoms with van der Waals surface area (Å²) in [6.45, 7) is 4.07. The first-order valence-corrected chi connectivity index (χ1v) is 12.3. The summed E-state index contributed by atoms with van der Waals surface area (Å²) in [5, 5.41) is 1.99. The smallest absolute Gasteiger partial charge is 0.323 e. The first-order chi connectivity index (χ1) is 16.1. The number of imidazole rings is 1. The van der Waals surface area contributed by atoms with E-state index < -0.39 is 15.7 Å². The van der Waals surface area contributed by atoms with Crippen molar-refractivity contribution in [1.29, 1.82) is 0 Å². The number of benzene rings is 3. The third kappa shape index (κ3) is 3.15. The van der Waals surface area contributed by atoms with Crippen LogP contribution in [0, 0.1) is 5.41 Å². The van der Waals surface area contributed by atoms with Crippen molar-refractivity contribution in [3.63, 3.8) is 0 Å². The second-order valence-electron chi connectivity index (χ2n) is 9.58. The minimum atomic E-state index is -3.99. The number of hydrogen-bond acceptors (Lipinski definition) is 5. The van der Waals surface area contributed by atoms with Gasteiger partial charge in [0.25, 0.3) is 10.0 Å². The van der Waals surface area contributed by atoms with Gasteiger partial charge >= 0.3 is 5.69 Å². The third-order valence-corrected chi connectivity index (χ3v) is 7.73. The lowest BCUT2D eigenvalue weighted by atomic mass is 9.76. The molecule has 1 aliphatic carbocycles. The van der Waals surface area contributed by atoms with Crippen LogP contribution in [0.5, 0.6) is 0 Å². The molecule has 2 heterocycles. The second-order valence-corrected chi connectivity index (χ2v) is 11.3. The van der Waals surface area contributed by atoms with Crippen LogP contribution in [0.25, 0.3) is 32.8 Å². The number of anilines is 1. The largest absolute Gasteiger partial charge is 0.460 e. The van der Waals surface area contributed by atoms with Crippen LogP contribution in [-0.2, 0) is 16.4 Å². The summed E-state index contributed by atoms with van der Waals surface area (Å²) in [6, 6.07) is 13.4. The van der Waals surface area contributed by atoms with Crippen molar-refractivity contribution in [2.75, 3.05) is 4.72 Å². The lowest BCUT2D eigenvalue weighted by Gasteiger charge is -2.27. The first-order valence-electron chi connectivity index (χ1n) is 10.9. The molecular formula is C25H21N3O5S. The maximum absolute atomic E-state index is 13.3. The minimum Gasteiger partial charge on any atom is -0.460 e. The summed E-state index contributed by atoms with van der Waals surface area (Å²) in [4.78, 5) is 29.8. The molecule has 6 rings (SSSR count). The average molecular weight is 476 g/mol. The highest BCUT2D eigenvalue weighted by Gasteiger charge is 2.36. The fraction of sp³-hybridized carbons (Fsp3) is 0.200. The van der Waals surface area contributed by atoms with Crippen LogP contribution in [-0.4, -0.2) is 24.2 Å². The van der Waals surface area contributed by atoms with Gasteiger partial charge in [0.15, 0.2) is 5.78 Å². The van der Waals surface area contributed by atoms with Gasteiger partial charge in [-0.25, -0.2) is 13.2 Å². The van der Waals surface area contributed by atoms with Crippen molar-refractivity contribution < 1.29 is 17.6 Å². The molecule has 34 heavy (non-hydrogen) atoms. The van der Waals surface area contributed by atoms with Crippen LogP contribution in [0.3, 0.4) is 0 Å². The van der Waals surface area contributed by atoms with Gasteiger partial charge in [0.05, 0.1) is 27.2 Å². The van der Waals surface area contributed by atoms with Crippen LogP contribution < -0.4 is 10.4 Å². The Morgan fingerprint density at radius 2 is 1.65 bits per heavy atom. The molecule has 0 aliphatic heterocycles. The van der Waals surface area contributed by atoms with Crippen molar-refractivity contribution in [2.24, 2.45) is 5.41 Å². The molecule has 0 spiro atoms. The number of Topliss-reactive ketones (excluding diaryl/α,β-unsaturated/α-hetero) is 1. The number of carbonyl (C=O) groups excluding carboxylic acids is 1. The molecule has 3 N–H and O–H groups in total. The summed E-state index contributed by atoms with van der Waals surface area (Å²) in [5.41, 5.74) is 1.77. The first kappa shape index (κ1) is 20.7. The molecule has 0 bridgehead atoms. The van der Waals surface area contributed by atoms with E-state index >= 15 is 0 Å². The van der Waals surface area contributed by atoms with E-state index in [4.69, 9.17) is 4.42 Å². The summed E-state index contributed by atoms with van der Waals surface area (Å²) in [5.74, 6) is 0.638. The lowest BCUT2D eigenvalue weighted by molar-refractivity contribution is 0.0906. The molecule has 0 amide bonds. The van der Waals surface area contributed by atoms with E-state index in [0.29, 0.717) is 57.2 Å². The van der Waals surface area contributed by atoms with Crippen LogP contribution in [0.1, 0.15) is 36.4 Å². The van der Waals surface area contributed by atoms with E-state index in [0.717, 1.165) is 5.39 Å². The van der Waals surface area contributed by atoms with E-state index in [2.05, 4.69) is 14.7 Å². The van der Waals surface area contributed by atoms with Crippen LogP contribution in [0.4, 0.5) is 5.69 Å². The highest BCUT2D eigenvalue weighted by Crippen LogP contribution is 2.43. The van der Waals surface area contributed by atoms with Gasteiger partial charge in [-0.1, -0.05) is 38.1 Å². The second kappa shape index (κ2) is 6.83. The van der Waals surface area contributed by atoms with Crippen LogP contribution in [0.2, 0.25) is 0 Å². The number of aromatic amines is 2. The summed E-state index contributed by atoms with van der Waals surface area (Å²) in [6.07, 6.45) is 1.03. The summed E-state index contributed by atoms with van der Waals surface area (Å²) < 4.78 is 35.5. The van der Waals surface area contributed by atoms with Crippen molar-refractivity contribution >= 4 is 54.3 Å². The van der Waals surface area contributed by atoms with Crippen molar-refractivity contribution in [1.82, 2.24) is 9.97 Å². The summed E-state index contributed by atoms with van der Waals surface area (Å²) >= 11 is 0. The highest BCUT2D eigenvalue weighted by atomic mass is 32.2. The Hall–Kier alpha value is -3.85. The van der Waals surface area contributed by atoms with Gasteiger partial charge in [-0.05, 0) is 29.7 Å². The van der Waals surface area contributed by atoms with Crippen LogP contribution in [0.15, 0.2) is 62.6 Å². The molecule has 0 atom stereocenters. The number of furan rings is 1. The average Bonchev–Trinajstić information content (AvgIpc) is 3.31. The molecule has 1 aliphatic rings. The molecule has 2 aromatic heterocycles. The molecule has 172 valence electrons. The molecule has 5 aromatic rings. The third-order valence-electron chi connectivity index (χ3n) is 6.37. The van der Waals surface area contributed by atoms with Gasteiger partial charge in [-0.2, -0.15) is 0 Å². The number of sulfonamides is 1. The summed E-state index contributed by atoms with van der Waals surface area (Å²) in [7, 11) is -3.99. The number of fused-ring (bicyclic) bond motifs is 6. The van der Waals surface area contributed by atoms with Crippen molar-refractivity contribution in [2.45, 2.75) is 31.6 Å². The Morgan fingerprint density at radius 3 is 2.44 bits per heavy atom. The molecule has 0 unspecified atom stereocenters. The van der Waals surface area contributed by atoms with Crippen molar-refractivity contribution in [3.05, 3.63) is 70.3 Å². The Balaban J connectivity index is 1.54. The van der Waals surface area contributed by atoms with Gasteiger partial charge in [-0.3, -0.25) is 9.52 Å². The molecule has 0 saturated carbocycles. The number of H-pyrrole nitrogens is 2. The van der Waals surface area contributed by atoms with E-state index in [1.54, 1.807) is 6.07 Å². The zero-order valence-corrected chi connectivity index (χ0v) is 19.3. The normalized spacial score (nSPS) is 15.8. The minimum absolute atomic E-state index is 0.00375. The molecule has 3 aromatic carbocycles. The number of hydrogen-bond donors (Lipinski definition) is 3. The molecular weight excluding hydrogens is 454 g/mol. The van der Waals surface area contributed by atoms with Crippen LogP contribution >= 0.6 is 0 Å². The zero-order valence-electron chi connectivity index (χ0n) is 18.5. The lowest BCUT2D eigenvalue weighted by Crippen LogP contribution is -2.25. The van der Waals surface area contributed by atoms with Crippen molar-refractivity contribution in [3.8, 4) is 0 Å². The van der Waals surface area contributed by atoms with E-state index in [1.165, 1.54) is 18.2 Å². The highest BCUT2D eigenvalue weighted by molar-refractivity contribution is 7.92. The molecule has 0 saturated heterocycles. The topological polar surface area (TPSA) is 125 Å². The van der Waals surface area contributed by atoms with Gasteiger partial charge in [0.1, 0.15) is 11.3 Å². The Kier molecular flexibility index (Phi) is 4.17. The van der Waals surface area contributed by atoms with Gasteiger partial charge in [0.2, 0.25) is 0 Å². The van der Waals surface area contributed by atoms with Gasteiger partial charge in [-0.15, -0.1) is 0 Å². The van der Waals surface area contributed by atoms with Gasteiger partial charge < -0.3 is 14.4 Å². The number of carbonyl (C=O) groups is 1. The van der Waals surface area contributed by atoms with E-state index in [-0.39, 0.29) is 16.1 Å². The zero-order chi connectivity index (χ0) is 23.8. The molecule has 8 nitrogen and oxygen atoms in total. The van der Waals surface area contributed by atoms with E-state index in [9.17, 15) is 18.0 Å². The fourth-order valence-corrected chi connectivity index (χ4v) is 5.98. The maximum Gasteiger partial charge on any atom is 0.323 e. The monoisotopic (exact) mass is 475 g/mol. The molecule has 9 heteroatoms. The van der Waals surface area contributed by atoms with Gasteiger partial charge in [0, 0.05) is 29.0 Å². The Bertz CT molecular complexity index is 1820. The Labute approximate surface area is 194 Å². The van der Waals surface area contributed by atoms with E-state index in [1.807, 2.05) is 38.1 Å². The SMILES string of the molecule is CC1(C)CC(=O)c2c(oc3c2cc(NS(=O)(=O)c2ccc4[nH]c(=O)[nH]c4c2)c2ccccc23)C1. The fourth-order valence-electron chi connectivity index (χ4n) is 4.89. The Morgan fingerprint density at radius 1 is 0.912 bits per heavy atom. The standard InChI is InChI=1S/C25H21N3O5S/c1-25(2)11-20(29)22-16-10-18(14-5-3-4-6-15(14)23(16)33-21(22)12-25)28-34(31,32)13-7-8-17-19(9-13)27-24(30)26-17/h3-10,28H,11-12H2,1-2H3,(H2,26,27,30). The molecule has 0 fully saturated rings.